The maximum atomic E-state index is 12.5. The van der Waals surface area contributed by atoms with Crippen LogP contribution in [0.15, 0.2) is 41.1 Å². The Labute approximate surface area is 219 Å². The van der Waals surface area contributed by atoms with Gasteiger partial charge < -0.3 is 34.6 Å². The van der Waals surface area contributed by atoms with Gasteiger partial charge >= 0.3 is 24.0 Å². The van der Waals surface area contributed by atoms with E-state index in [9.17, 15) is 27.9 Å². The maximum absolute atomic E-state index is 12.5. The second kappa shape index (κ2) is 10.4. The summed E-state index contributed by atoms with van der Waals surface area (Å²) >= 11 is 0. The molecule has 1 saturated carbocycles. The van der Waals surface area contributed by atoms with E-state index >= 15 is 0 Å². The van der Waals surface area contributed by atoms with Crippen LogP contribution in [0.1, 0.15) is 36.4 Å². The first-order valence-corrected chi connectivity index (χ1v) is 12.1. The third-order valence-corrected chi connectivity index (χ3v) is 6.84. The standard InChI is InChI=1S/C24H24F3N7O5/c25-24(26,27)13-38-18-4-2-16(12-29-18)31-22-33-32-20(39-22)19(35)30-15-1-3-17(28-11-15)34-7-5-23(6-8-34)9-14(10-23)21(36)37/h1-4,11-12,14H,5-10,13H2,(H,30,35)(H,31,33)(H,36,37)/p-1. The Morgan fingerprint density at radius 1 is 1.08 bits per heavy atom. The highest BCUT2D eigenvalue weighted by Gasteiger charge is 2.46. The van der Waals surface area contributed by atoms with Crippen LogP contribution in [-0.2, 0) is 4.79 Å². The van der Waals surface area contributed by atoms with E-state index in [0.717, 1.165) is 31.7 Å². The monoisotopic (exact) mass is 546 g/mol. The molecule has 3 aromatic rings. The third-order valence-electron chi connectivity index (χ3n) is 6.84. The van der Waals surface area contributed by atoms with Gasteiger partial charge in [0.2, 0.25) is 5.88 Å². The van der Waals surface area contributed by atoms with Gasteiger partial charge in [0, 0.05) is 25.1 Å². The molecule has 39 heavy (non-hydrogen) atoms. The van der Waals surface area contributed by atoms with Crippen LogP contribution in [0.4, 0.5) is 36.4 Å². The molecule has 15 heteroatoms. The highest BCUT2D eigenvalue weighted by Crippen LogP contribution is 2.52. The van der Waals surface area contributed by atoms with Crippen LogP contribution >= 0.6 is 0 Å². The van der Waals surface area contributed by atoms with E-state index in [2.05, 4.69) is 40.4 Å². The Morgan fingerprint density at radius 2 is 1.79 bits per heavy atom. The Bertz CT molecular complexity index is 1320. The summed E-state index contributed by atoms with van der Waals surface area (Å²) in [6, 6.07) is 5.99. The molecule has 3 aromatic heterocycles. The molecule has 0 atom stereocenters. The van der Waals surface area contributed by atoms with Crippen LogP contribution < -0.4 is 25.4 Å². The van der Waals surface area contributed by atoms with Crippen LogP contribution in [0.3, 0.4) is 0 Å². The van der Waals surface area contributed by atoms with Crippen molar-refractivity contribution in [3.8, 4) is 5.88 Å². The summed E-state index contributed by atoms with van der Waals surface area (Å²) in [5, 5.41) is 23.7. The molecule has 4 heterocycles. The number of carboxylic acids is 1. The van der Waals surface area contributed by atoms with Gasteiger partial charge in [-0.15, -0.1) is 5.10 Å². The molecule has 0 bridgehead atoms. The van der Waals surface area contributed by atoms with E-state index in [1.54, 1.807) is 12.1 Å². The number of pyridine rings is 2. The van der Waals surface area contributed by atoms with Crippen molar-refractivity contribution in [1.82, 2.24) is 20.2 Å². The highest BCUT2D eigenvalue weighted by molar-refractivity contribution is 6.00. The number of rotatable bonds is 8. The van der Waals surface area contributed by atoms with E-state index in [1.165, 1.54) is 24.5 Å². The summed E-state index contributed by atoms with van der Waals surface area (Å²) in [7, 11) is 0. The van der Waals surface area contributed by atoms with E-state index in [4.69, 9.17) is 4.42 Å². The molecule has 0 unspecified atom stereocenters. The molecule has 1 aliphatic carbocycles. The number of carbonyl (C=O) groups excluding carboxylic acids is 2. The Hall–Kier alpha value is -4.43. The third kappa shape index (κ3) is 6.35. The van der Waals surface area contributed by atoms with Gasteiger partial charge in [0.1, 0.15) is 5.82 Å². The van der Waals surface area contributed by atoms with Crippen LogP contribution in [0, 0.1) is 11.3 Å². The number of nitrogens with zero attached hydrogens (tertiary/aromatic N) is 5. The second-order valence-corrected chi connectivity index (χ2v) is 9.60. The molecule has 0 radical (unpaired) electrons. The fourth-order valence-electron chi connectivity index (χ4n) is 4.79. The number of hydrogen-bond donors (Lipinski definition) is 2. The number of alkyl halides is 3. The van der Waals surface area contributed by atoms with Crippen molar-refractivity contribution >= 4 is 35.1 Å². The first kappa shape index (κ1) is 26.2. The molecular formula is C24H23F3N7O5-. The minimum absolute atomic E-state index is 0.0952. The predicted molar refractivity (Wildman–Crippen MR) is 127 cm³/mol. The number of carbonyl (C=O) groups is 2. The van der Waals surface area contributed by atoms with E-state index < -0.39 is 24.7 Å². The quantitative estimate of drug-likeness (QED) is 0.428. The Morgan fingerprint density at radius 3 is 2.41 bits per heavy atom. The van der Waals surface area contributed by atoms with Gasteiger partial charge in [-0.25, -0.2) is 9.97 Å². The predicted octanol–water partition coefficient (Wildman–Crippen LogP) is 2.54. The van der Waals surface area contributed by atoms with Crippen molar-refractivity contribution in [3.05, 3.63) is 42.5 Å². The molecule has 1 aliphatic heterocycles. The molecule has 12 nitrogen and oxygen atoms in total. The van der Waals surface area contributed by atoms with Gasteiger partial charge in [0.05, 0.1) is 23.8 Å². The van der Waals surface area contributed by atoms with Gasteiger partial charge in [-0.1, -0.05) is 5.10 Å². The van der Waals surface area contributed by atoms with Crippen molar-refractivity contribution < 1.29 is 37.0 Å². The van der Waals surface area contributed by atoms with E-state index in [-0.39, 0.29) is 29.1 Å². The zero-order valence-electron chi connectivity index (χ0n) is 20.4. The van der Waals surface area contributed by atoms with Gasteiger partial charge in [-0.3, -0.25) is 4.79 Å². The number of nitrogens with one attached hydrogen (secondary N) is 2. The van der Waals surface area contributed by atoms with Gasteiger partial charge in [0.25, 0.3) is 0 Å². The molecule has 2 N–H and O–H groups in total. The number of ether oxygens (including phenoxy) is 1. The maximum Gasteiger partial charge on any atom is 0.422 e. The lowest BCUT2D eigenvalue weighted by atomic mass is 9.57. The van der Waals surface area contributed by atoms with Gasteiger partial charge in [0.15, 0.2) is 6.61 Å². The largest absolute Gasteiger partial charge is 0.550 e. The average Bonchev–Trinajstić information content (AvgIpc) is 3.35. The number of halogens is 3. The number of anilines is 4. The lowest BCUT2D eigenvalue weighted by Crippen LogP contribution is -2.51. The lowest BCUT2D eigenvalue weighted by molar-refractivity contribution is -0.317. The van der Waals surface area contributed by atoms with Crippen molar-refractivity contribution in [2.24, 2.45) is 11.3 Å². The number of aliphatic carboxylic acids is 1. The van der Waals surface area contributed by atoms with Crippen molar-refractivity contribution in [2.75, 3.05) is 35.2 Å². The van der Waals surface area contributed by atoms with Crippen LogP contribution in [0.5, 0.6) is 5.88 Å². The van der Waals surface area contributed by atoms with E-state index in [0.29, 0.717) is 24.2 Å². The fraction of sp³-hybridized carbons (Fsp3) is 0.417. The summed E-state index contributed by atoms with van der Waals surface area (Å²) in [6.07, 6.45) is 1.40. The van der Waals surface area contributed by atoms with Crippen molar-refractivity contribution in [2.45, 2.75) is 31.9 Å². The number of carboxylic acid groups (broad SMARTS) is 1. The molecule has 206 valence electrons. The molecule has 1 amide bonds. The van der Waals surface area contributed by atoms with Crippen LogP contribution in [0.2, 0.25) is 0 Å². The normalized spacial score (nSPS) is 16.9. The number of piperidine rings is 1. The van der Waals surface area contributed by atoms with Gasteiger partial charge in [-0.2, -0.15) is 13.2 Å². The highest BCUT2D eigenvalue weighted by atomic mass is 19.4. The summed E-state index contributed by atoms with van der Waals surface area (Å²) in [5.74, 6) is -1.73. The summed E-state index contributed by atoms with van der Waals surface area (Å²) in [4.78, 5) is 33.8. The zero-order valence-corrected chi connectivity index (χ0v) is 20.4. The molecule has 0 aromatic carbocycles. The minimum atomic E-state index is -4.47. The van der Waals surface area contributed by atoms with Gasteiger partial charge in [-0.05, 0) is 55.2 Å². The molecular weight excluding hydrogens is 523 g/mol. The fourth-order valence-corrected chi connectivity index (χ4v) is 4.79. The van der Waals surface area contributed by atoms with Crippen LogP contribution in [-0.4, -0.2) is 57.9 Å². The first-order valence-electron chi connectivity index (χ1n) is 12.1. The van der Waals surface area contributed by atoms with Crippen molar-refractivity contribution in [1.29, 1.82) is 0 Å². The minimum Gasteiger partial charge on any atom is -0.550 e. The molecule has 5 rings (SSSR count). The zero-order chi connectivity index (χ0) is 27.6. The molecule has 1 spiro atoms. The molecule has 2 fully saturated rings. The SMILES string of the molecule is O=C(Nc1ccc(N2CCC3(CC2)CC(C(=O)[O-])C3)nc1)c1nnc(Nc2ccc(OCC(F)(F)F)nc2)o1. The summed E-state index contributed by atoms with van der Waals surface area (Å²) in [5.41, 5.74) is 0.835. The van der Waals surface area contributed by atoms with Crippen LogP contribution in [0.25, 0.3) is 0 Å². The van der Waals surface area contributed by atoms with Crippen molar-refractivity contribution in [3.63, 3.8) is 0 Å². The number of aromatic nitrogens is 4. The smallest absolute Gasteiger partial charge is 0.422 e. The Kier molecular flexibility index (Phi) is 6.97. The average molecular weight is 546 g/mol. The van der Waals surface area contributed by atoms with E-state index in [1.807, 2.05) is 0 Å². The lowest BCUT2D eigenvalue weighted by Gasteiger charge is -2.52. The molecule has 1 saturated heterocycles. The first-order chi connectivity index (χ1) is 18.6. The second-order valence-electron chi connectivity index (χ2n) is 9.60. The molecule has 2 aliphatic rings. The summed E-state index contributed by atoms with van der Waals surface area (Å²) in [6.45, 7) is 0.0882. The summed E-state index contributed by atoms with van der Waals surface area (Å²) < 4.78 is 46.5. The topological polar surface area (TPSA) is 158 Å². The number of amides is 1. The Balaban J connectivity index is 1.10. The number of hydrogen-bond acceptors (Lipinski definition) is 11.